The summed E-state index contributed by atoms with van der Waals surface area (Å²) in [5.74, 6) is 0.723. The van der Waals surface area contributed by atoms with Crippen molar-refractivity contribution < 1.29 is 9.84 Å². The standard InChI is InChI=1S/C21H28N4O3/c26-19-2-1-7-25-20(27)10-16(22-21(19)25)13-23-11-15-3-4-18(23)14-24(12-15)17-5-8-28-9-6-17/h1-2,7,10,15,17-18,26H,3-6,8-9,11-14H2/t15-,18-/m1/s1. The van der Waals surface area contributed by atoms with Gasteiger partial charge in [-0.3, -0.25) is 19.0 Å². The maximum Gasteiger partial charge on any atom is 0.258 e. The molecule has 0 spiro atoms. The summed E-state index contributed by atoms with van der Waals surface area (Å²) >= 11 is 0. The van der Waals surface area contributed by atoms with Crippen LogP contribution in [0.25, 0.3) is 5.65 Å². The van der Waals surface area contributed by atoms with Gasteiger partial charge in [-0.15, -0.1) is 0 Å². The normalized spacial score (nSPS) is 27.3. The van der Waals surface area contributed by atoms with Crippen molar-refractivity contribution in [3.63, 3.8) is 0 Å². The molecular formula is C21H28N4O3. The molecule has 4 saturated heterocycles. The van der Waals surface area contributed by atoms with Gasteiger partial charge in [0, 0.05) is 63.7 Å². The predicted molar refractivity (Wildman–Crippen MR) is 105 cm³/mol. The Labute approximate surface area is 164 Å². The summed E-state index contributed by atoms with van der Waals surface area (Å²) in [4.78, 5) is 22.2. The number of piperidine rings is 1. The number of aromatic nitrogens is 2. The van der Waals surface area contributed by atoms with Crippen molar-refractivity contribution in [2.45, 2.75) is 44.3 Å². The third kappa shape index (κ3) is 3.43. The van der Waals surface area contributed by atoms with E-state index in [2.05, 4.69) is 14.8 Å². The van der Waals surface area contributed by atoms with Gasteiger partial charge in [0.2, 0.25) is 0 Å². The Bertz CT molecular complexity index is 908. The van der Waals surface area contributed by atoms with Crippen LogP contribution < -0.4 is 5.56 Å². The second-order valence-corrected chi connectivity index (χ2v) is 8.50. The lowest BCUT2D eigenvalue weighted by Gasteiger charge is -2.36. The molecule has 0 amide bonds. The molecule has 0 aliphatic carbocycles. The SMILES string of the molecule is O=c1cc(CN2C[C@H]3CC[C@@H]2CN(C2CCOCC2)C3)nc2c(O)cccn12. The third-order valence-electron chi connectivity index (χ3n) is 6.65. The van der Waals surface area contributed by atoms with Crippen LogP contribution >= 0.6 is 0 Å². The minimum atomic E-state index is -0.139. The van der Waals surface area contributed by atoms with Gasteiger partial charge in [-0.05, 0) is 43.7 Å². The maximum absolute atomic E-state index is 12.5. The second kappa shape index (κ2) is 7.46. The van der Waals surface area contributed by atoms with Crippen LogP contribution in [0.5, 0.6) is 5.75 Å². The topological polar surface area (TPSA) is 70.3 Å². The van der Waals surface area contributed by atoms with E-state index in [1.165, 1.54) is 23.8 Å². The molecule has 0 aromatic carbocycles. The summed E-state index contributed by atoms with van der Waals surface area (Å²) in [6.07, 6.45) is 6.43. The molecule has 4 aliphatic heterocycles. The Hall–Kier alpha value is -1.96. The monoisotopic (exact) mass is 384 g/mol. The molecular weight excluding hydrogens is 356 g/mol. The molecule has 6 heterocycles. The van der Waals surface area contributed by atoms with E-state index >= 15 is 0 Å². The molecule has 4 fully saturated rings. The fourth-order valence-corrected chi connectivity index (χ4v) is 5.20. The van der Waals surface area contributed by atoms with Crippen molar-refractivity contribution in [1.82, 2.24) is 19.2 Å². The summed E-state index contributed by atoms with van der Waals surface area (Å²) in [5.41, 5.74) is 0.949. The molecule has 7 heteroatoms. The van der Waals surface area contributed by atoms with Crippen molar-refractivity contribution >= 4 is 5.65 Å². The lowest BCUT2D eigenvalue weighted by Crippen LogP contribution is -2.46. The highest BCUT2D eigenvalue weighted by Gasteiger charge is 2.37. The van der Waals surface area contributed by atoms with Crippen LogP contribution in [0.15, 0.2) is 29.2 Å². The fraction of sp³-hybridized carbons (Fsp3) is 0.619. The molecule has 2 atom stereocenters. The lowest BCUT2D eigenvalue weighted by molar-refractivity contribution is 0.0307. The molecule has 1 N–H and O–H groups in total. The Morgan fingerprint density at radius 1 is 1.11 bits per heavy atom. The van der Waals surface area contributed by atoms with E-state index in [-0.39, 0.29) is 11.3 Å². The van der Waals surface area contributed by atoms with E-state index in [0.29, 0.717) is 30.2 Å². The molecule has 2 aromatic rings. The van der Waals surface area contributed by atoms with Crippen LogP contribution in [0.3, 0.4) is 0 Å². The number of ether oxygens (including phenoxy) is 1. The zero-order chi connectivity index (χ0) is 19.1. The summed E-state index contributed by atoms with van der Waals surface area (Å²) in [6, 6.07) is 6.00. The summed E-state index contributed by atoms with van der Waals surface area (Å²) in [5, 5.41) is 10.1. The molecule has 4 aliphatic rings. The van der Waals surface area contributed by atoms with Crippen molar-refractivity contribution in [2.75, 3.05) is 32.8 Å². The highest BCUT2D eigenvalue weighted by Crippen LogP contribution is 2.31. The highest BCUT2D eigenvalue weighted by molar-refractivity contribution is 5.52. The van der Waals surface area contributed by atoms with Crippen LogP contribution in [-0.2, 0) is 11.3 Å². The molecule has 28 heavy (non-hydrogen) atoms. The zero-order valence-corrected chi connectivity index (χ0v) is 16.2. The number of hydrogen-bond acceptors (Lipinski definition) is 6. The second-order valence-electron chi connectivity index (χ2n) is 8.50. The Morgan fingerprint density at radius 2 is 1.96 bits per heavy atom. The number of hydrogen-bond donors (Lipinski definition) is 1. The van der Waals surface area contributed by atoms with Gasteiger partial charge in [0.05, 0.1) is 5.69 Å². The van der Waals surface area contributed by atoms with Crippen molar-refractivity contribution in [2.24, 2.45) is 5.92 Å². The van der Waals surface area contributed by atoms with Gasteiger partial charge >= 0.3 is 0 Å². The van der Waals surface area contributed by atoms with Crippen LogP contribution in [0.2, 0.25) is 0 Å². The Balaban J connectivity index is 1.37. The van der Waals surface area contributed by atoms with Crippen LogP contribution in [0.4, 0.5) is 0 Å². The van der Waals surface area contributed by atoms with E-state index < -0.39 is 0 Å². The average Bonchev–Trinajstić information content (AvgIpc) is 3.02. The van der Waals surface area contributed by atoms with E-state index in [1.54, 1.807) is 24.4 Å². The minimum Gasteiger partial charge on any atom is -0.504 e. The maximum atomic E-state index is 12.5. The van der Waals surface area contributed by atoms with E-state index in [9.17, 15) is 9.90 Å². The van der Waals surface area contributed by atoms with E-state index in [0.717, 1.165) is 44.8 Å². The van der Waals surface area contributed by atoms with Crippen LogP contribution in [0.1, 0.15) is 31.4 Å². The molecule has 2 aromatic heterocycles. The first-order valence-corrected chi connectivity index (χ1v) is 10.4. The van der Waals surface area contributed by atoms with Gasteiger partial charge in [-0.1, -0.05) is 0 Å². The van der Waals surface area contributed by atoms with Crippen LogP contribution in [-0.4, -0.2) is 69.2 Å². The molecule has 6 rings (SSSR count). The molecule has 0 unspecified atom stereocenters. The number of pyridine rings is 1. The number of fused-ring (bicyclic) bond motifs is 5. The fourth-order valence-electron chi connectivity index (χ4n) is 5.20. The summed E-state index contributed by atoms with van der Waals surface area (Å²) in [6.45, 7) is 5.77. The smallest absolute Gasteiger partial charge is 0.258 e. The average molecular weight is 384 g/mol. The Kier molecular flexibility index (Phi) is 4.82. The number of rotatable bonds is 3. The lowest BCUT2D eigenvalue weighted by atomic mass is 9.95. The summed E-state index contributed by atoms with van der Waals surface area (Å²) < 4.78 is 6.95. The van der Waals surface area contributed by atoms with Crippen molar-refractivity contribution in [3.8, 4) is 5.75 Å². The minimum absolute atomic E-state index is 0.0459. The van der Waals surface area contributed by atoms with Gasteiger partial charge in [0.1, 0.15) is 0 Å². The van der Waals surface area contributed by atoms with Crippen LogP contribution in [0, 0.1) is 5.92 Å². The van der Waals surface area contributed by atoms with Crippen molar-refractivity contribution in [1.29, 1.82) is 0 Å². The van der Waals surface area contributed by atoms with Gasteiger partial charge in [-0.2, -0.15) is 0 Å². The van der Waals surface area contributed by atoms with Gasteiger partial charge in [-0.25, -0.2) is 4.98 Å². The zero-order valence-electron chi connectivity index (χ0n) is 16.2. The van der Waals surface area contributed by atoms with Gasteiger partial charge < -0.3 is 9.84 Å². The first-order chi connectivity index (χ1) is 13.7. The largest absolute Gasteiger partial charge is 0.504 e. The van der Waals surface area contributed by atoms with Gasteiger partial charge in [0.15, 0.2) is 11.4 Å². The number of aromatic hydroxyl groups is 1. The molecule has 7 nitrogen and oxygen atoms in total. The summed E-state index contributed by atoms with van der Waals surface area (Å²) in [7, 11) is 0. The van der Waals surface area contributed by atoms with E-state index in [4.69, 9.17) is 4.74 Å². The quantitative estimate of drug-likeness (QED) is 0.864. The van der Waals surface area contributed by atoms with Gasteiger partial charge in [0.25, 0.3) is 5.56 Å². The molecule has 0 radical (unpaired) electrons. The highest BCUT2D eigenvalue weighted by atomic mass is 16.5. The third-order valence-corrected chi connectivity index (χ3v) is 6.65. The first-order valence-electron chi connectivity index (χ1n) is 10.4. The predicted octanol–water partition coefficient (Wildman–Crippen LogP) is 1.48. The first kappa shape index (κ1) is 18.1. The molecule has 2 bridgehead atoms. The van der Waals surface area contributed by atoms with E-state index in [1.807, 2.05) is 0 Å². The Morgan fingerprint density at radius 3 is 2.82 bits per heavy atom. The van der Waals surface area contributed by atoms with Crippen molar-refractivity contribution in [3.05, 3.63) is 40.4 Å². The molecule has 150 valence electrons. The number of nitrogens with zero attached hydrogens (tertiary/aromatic N) is 4. The molecule has 0 saturated carbocycles.